The zero-order valence-corrected chi connectivity index (χ0v) is 22.6. The van der Waals surface area contributed by atoms with Crippen molar-refractivity contribution in [3.63, 3.8) is 0 Å². The van der Waals surface area contributed by atoms with Crippen LogP contribution in [0.4, 0.5) is 0 Å². The number of hydrogen-bond donors (Lipinski definition) is 1. The lowest BCUT2D eigenvalue weighted by molar-refractivity contribution is -0.132. The van der Waals surface area contributed by atoms with Crippen LogP contribution in [0.2, 0.25) is 10.0 Å². The molecule has 38 heavy (non-hydrogen) atoms. The van der Waals surface area contributed by atoms with Gasteiger partial charge in [0.1, 0.15) is 12.3 Å². The van der Waals surface area contributed by atoms with Crippen molar-refractivity contribution in [3.05, 3.63) is 99.7 Å². The second-order valence-electron chi connectivity index (χ2n) is 9.53. The molecule has 1 saturated carbocycles. The van der Waals surface area contributed by atoms with Crippen molar-refractivity contribution in [2.75, 3.05) is 20.2 Å². The van der Waals surface area contributed by atoms with Crippen LogP contribution in [0.1, 0.15) is 34.3 Å². The molecule has 196 valence electrons. The molecule has 6 nitrogen and oxygen atoms in total. The number of H-pyrrole nitrogens is 1. The van der Waals surface area contributed by atoms with Crippen molar-refractivity contribution in [1.82, 2.24) is 14.8 Å². The predicted octanol–water partition coefficient (Wildman–Crippen LogP) is 6.36. The highest BCUT2D eigenvalue weighted by atomic mass is 35.5. The molecule has 0 spiro atoms. The fraction of sp³-hybridized carbons (Fsp3) is 0.267. The van der Waals surface area contributed by atoms with Crippen LogP contribution in [0.5, 0.6) is 5.75 Å². The van der Waals surface area contributed by atoms with Gasteiger partial charge in [-0.25, -0.2) is 0 Å². The molecule has 1 heterocycles. The van der Waals surface area contributed by atoms with Gasteiger partial charge in [-0.05, 0) is 55.2 Å². The summed E-state index contributed by atoms with van der Waals surface area (Å²) < 4.78 is 5.55. The maximum atomic E-state index is 13.8. The van der Waals surface area contributed by atoms with E-state index in [1.54, 1.807) is 30.2 Å². The van der Waals surface area contributed by atoms with Gasteiger partial charge in [0.25, 0.3) is 5.91 Å². The molecule has 1 aliphatic carbocycles. The summed E-state index contributed by atoms with van der Waals surface area (Å²) in [4.78, 5) is 34.1. The van der Waals surface area contributed by atoms with Crippen molar-refractivity contribution in [2.45, 2.75) is 31.8 Å². The molecule has 0 unspecified atom stereocenters. The fourth-order valence-corrected chi connectivity index (χ4v) is 5.23. The normalized spacial score (nSPS) is 12.9. The van der Waals surface area contributed by atoms with E-state index in [-0.39, 0.29) is 29.4 Å². The van der Waals surface area contributed by atoms with E-state index in [1.807, 2.05) is 53.6 Å². The molecule has 4 aromatic rings. The van der Waals surface area contributed by atoms with Crippen LogP contribution in [0.3, 0.4) is 0 Å². The van der Waals surface area contributed by atoms with Crippen LogP contribution >= 0.6 is 23.2 Å². The number of ether oxygens (including phenoxy) is 1. The SMILES string of the molecule is COc1ccccc1CN(CCc1c[nH]c2ccccc12)C(=O)CN(C(=O)c1ccc(Cl)cc1Cl)C1CC1. The Kier molecular flexibility index (Phi) is 7.91. The predicted molar refractivity (Wildman–Crippen MR) is 151 cm³/mol. The summed E-state index contributed by atoms with van der Waals surface area (Å²) in [7, 11) is 1.63. The van der Waals surface area contributed by atoms with Crippen LogP contribution < -0.4 is 4.74 Å². The molecule has 0 saturated heterocycles. The molecule has 1 aliphatic rings. The summed E-state index contributed by atoms with van der Waals surface area (Å²) in [6.45, 7) is 0.845. The molecule has 5 rings (SSSR count). The highest BCUT2D eigenvalue weighted by Gasteiger charge is 2.36. The molecule has 0 atom stereocenters. The molecular weight excluding hydrogens is 521 g/mol. The van der Waals surface area contributed by atoms with Crippen LogP contribution in [-0.4, -0.2) is 52.8 Å². The summed E-state index contributed by atoms with van der Waals surface area (Å²) in [6, 6.07) is 20.7. The number of aromatic nitrogens is 1. The summed E-state index contributed by atoms with van der Waals surface area (Å²) in [5.41, 5.74) is 3.47. The number of carbonyl (C=O) groups excluding carboxylic acids is 2. The van der Waals surface area contributed by atoms with Crippen LogP contribution in [-0.2, 0) is 17.8 Å². The lowest BCUT2D eigenvalue weighted by atomic mass is 10.1. The second-order valence-corrected chi connectivity index (χ2v) is 10.4. The molecule has 3 aromatic carbocycles. The van der Waals surface area contributed by atoms with Gasteiger partial charge in [-0.2, -0.15) is 0 Å². The first-order chi connectivity index (χ1) is 18.4. The number of nitrogens with zero attached hydrogens (tertiary/aromatic N) is 2. The van der Waals surface area contributed by atoms with Crippen LogP contribution in [0.15, 0.2) is 72.9 Å². The third-order valence-corrected chi connectivity index (χ3v) is 7.50. The van der Waals surface area contributed by atoms with Crippen molar-refractivity contribution in [2.24, 2.45) is 0 Å². The lowest BCUT2D eigenvalue weighted by Crippen LogP contribution is -2.44. The Morgan fingerprint density at radius 3 is 2.53 bits per heavy atom. The standard InChI is InChI=1S/C30H29Cl2N3O3/c1-38-28-9-5-2-6-21(28)18-34(15-14-20-17-33-27-8-4-3-7-24(20)27)29(36)19-35(23-11-12-23)30(37)25-13-10-22(31)16-26(25)32/h2-10,13,16-17,23,33H,11-12,14-15,18-19H2,1H3. The van der Waals surface area contributed by atoms with Gasteiger partial charge >= 0.3 is 0 Å². The van der Waals surface area contributed by atoms with Gasteiger partial charge in [0.15, 0.2) is 0 Å². The minimum Gasteiger partial charge on any atom is -0.496 e. The van der Waals surface area contributed by atoms with E-state index in [9.17, 15) is 9.59 Å². The quantitative estimate of drug-likeness (QED) is 0.250. The molecule has 1 fully saturated rings. The number of nitrogens with one attached hydrogen (secondary N) is 1. The molecule has 2 amide bonds. The van der Waals surface area contributed by atoms with E-state index in [4.69, 9.17) is 27.9 Å². The Morgan fingerprint density at radius 1 is 1.00 bits per heavy atom. The highest BCUT2D eigenvalue weighted by Crippen LogP contribution is 2.31. The van der Waals surface area contributed by atoms with Crippen molar-refractivity contribution >= 4 is 45.9 Å². The van der Waals surface area contributed by atoms with Crippen molar-refractivity contribution < 1.29 is 14.3 Å². The van der Waals surface area contributed by atoms with E-state index in [1.165, 1.54) is 0 Å². The average molecular weight is 550 g/mol. The molecular formula is C30H29Cl2N3O3. The van der Waals surface area contributed by atoms with E-state index in [2.05, 4.69) is 11.1 Å². The lowest BCUT2D eigenvalue weighted by Gasteiger charge is -2.28. The topological polar surface area (TPSA) is 65.6 Å². The number of hydrogen-bond acceptors (Lipinski definition) is 3. The Labute approximate surface area is 232 Å². The second kappa shape index (κ2) is 11.5. The van der Waals surface area contributed by atoms with Gasteiger partial charge in [0.2, 0.25) is 5.91 Å². The Hall–Kier alpha value is -3.48. The number of halogens is 2. The van der Waals surface area contributed by atoms with Gasteiger partial charge in [-0.3, -0.25) is 9.59 Å². The largest absolute Gasteiger partial charge is 0.496 e. The minimum atomic E-state index is -0.253. The Bertz CT molecular complexity index is 1460. The number of aromatic amines is 1. The van der Waals surface area contributed by atoms with Gasteiger partial charge in [0, 0.05) is 46.8 Å². The third-order valence-electron chi connectivity index (χ3n) is 6.95. The van der Waals surface area contributed by atoms with Crippen LogP contribution in [0, 0.1) is 0 Å². The van der Waals surface area contributed by atoms with Crippen molar-refractivity contribution in [1.29, 1.82) is 0 Å². The number of fused-ring (bicyclic) bond motifs is 1. The number of amides is 2. The zero-order chi connectivity index (χ0) is 26.6. The maximum Gasteiger partial charge on any atom is 0.256 e. The van der Waals surface area contributed by atoms with E-state index >= 15 is 0 Å². The Morgan fingerprint density at radius 2 is 1.76 bits per heavy atom. The Balaban J connectivity index is 1.38. The van der Waals surface area contributed by atoms with Gasteiger partial charge in [0.05, 0.1) is 17.7 Å². The fourth-order valence-electron chi connectivity index (χ4n) is 4.74. The average Bonchev–Trinajstić information content (AvgIpc) is 3.68. The van der Waals surface area contributed by atoms with Crippen molar-refractivity contribution in [3.8, 4) is 5.75 Å². The van der Waals surface area contributed by atoms with E-state index < -0.39 is 0 Å². The smallest absolute Gasteiger partial charge is 0.256 e. The number of rotatable bonds is 10. The molecule has 8 heteroatoms. The van der Waals surface area contributed by atoms with E-state index in [0.717, 1.165) is 40.6 Å². The van der Waals surface area contributed by atoms with Crippen LogP contribution in [0.25, 0.3) is 10.9 Å². The number of benzene rings is 3. The highest BCUT2D eigenvalue weighted by molar-refractivity contribution is 6.36. The summed E-state index contributed by atoms with van der Waals surface area (Å²) in [5, 5.41) is 1.89. The zero-order valence-electron chi connectivity index (χ0n) is 21.1. The van der Waals surface area contributed by atoms with Gasteiger partial charge in [-0.1, -0.05) is 59.6 Å². The maximum absolute atomic E-state index is 13.8. The first-order valence-corrected chi connectivity index (χ1v) is 13.4. The third kappa shape index (κ3) is 5.82. The molecule has 1 N–H and O–H groups in total. The first kappa shape index (κ1) is 26.1. The summed E-state index contributed by atoms with van der Waals surface area (Å²) in [5.74, 6) is 0.345. The van der Waals surface area contributed by atoms with Gasteiger partial charge in [-0.15, -0.1) is 0 Å². The summed E-state index contributed by atoms with van der Waals surface area (Å²) in [6.07, 6.45) is 4.41. The number of methoxy groups -OCH3 is 1. The summed E-state index contributed by atoms with van der Waals surface area (Å²) >= 11 is 12.4. The molecule has 0 aliphatic heterocycles. The first-order valence-electron chi connectivity index (χ1n) is 12.6. The molecule has 1 aromatic heterocycles. The number of carbonyl (C=O) groups is 2. The van der Waals surface area contributed by atoms with E-state index in [0.29, 0.717) is 30.1 Å². The molecule has 0 bridgehead atoms. The monoisotopic (exact) mass is 549 g/mol. The number of para-hydroxylation sites is 2. The van der Waals surface area contributed by atoms with Gasteiger partial charge < -0.3 is 19.5 Å². The minimum absolute atomic E-state index is 0.0223. The molecule has 0 radical (unpaired) electrons.